The van der Waals surface area contributed by atoms with E-state index in [0.29, 0.717) is 6.04 Å². The van der Waals surface area contributed by atoms with Crippen molar-refractivity contribution in [2.45, 2.75) is 18.9 Å². The molecule has 0 saturated heterocycles. The van der Waals surface area contributed by atoms with E-state index in [1.54, 1.807) is 0 Å². The highest BCUT2D eigenvalue weighted by Gasteiger charge is 2.18. The molecule has 0 aromatic heterocycles. The van der Waals surface area contributed by atoms with Crippen LogP contribution in [0, 0.1) is 10.1 Å². The minimum absolute atomic E-state index is 0.477. The van der Waals surface area contributed by atoms with Crippen molar-refractivity contribution in [3.05, 3.63) is 22.5 Å². The van der Waals surface area contributed by atoms with Crippen LogP contribution in [0.15, 0.2) is 12.4 Å². The maximum atomic E-state index is 9.68. The quantitative estimate of drug-likeness (QED) is 0.444. The lowest BCUT2D eigenvalue weighted by Crippen LogP contribution is -2.07. The van der Waals surface area contributed by atoms with Crippen LogP contribution in [-0.2, 0) is 0 Å². The first kappa shape index (κ1) is 6.07. The van der Waals surface area contributed by atoms with Crippen molar-refractivity contribution >= 4 is 0 Å². The average molecular weight is 128 g/mol. The van der Waals surface area contributed by atoms with Crippen molar-refractivity contribution < 1.29 is 4.92 Å². The van der Waals surface area contributed by atoms with Gasteiger partial charge in [-0.2, -0.15) is 0 Å². The van der Waals surface area contributed by atoms with Gasteiger partial charge in [0.25, 0.3) is 0 Å². The van der Waals surface area contributed by atoms with Gasteiger partial charge in [0.1, 0.15) is 0 Å². The minimum atomic E-state index is -0.477. The van der Waals surface area contributed by atoms with Crippen LogP contribution in [0.3, 0.4) is 0 Å². The van der Waals surface area contributed by atoms with Gasteiger partial charge in [0, 0.05) is 6.04 Å². The Labute approximate surface area is 52.7 Å². The lowest BCUT2D eigenvalue weighted by Gasteiger charge is -1.88. The summed E-state index contributed by atoms with van der Waals surface area (Å²) in [6.07, 6.45) is 4.58. The third-order valence-electron chi connectivity index (χ3n) is 1.11. The van der Waals surface area contributed by atoms with Gasteiger partial charge in [-0.25, -0.2) is 0 Å². The van der Waals surface area contributed by atoms with Crippen LogP contribution in [0.4, 0.5) is 0 Å². The molecular weight excluding hydrogens is 120 g/mol. The van der Waals surface area contributed by atoms with Crippen molar-refractivity contribution in [2.24, 2.45) is 0 Å². The van der Waals surface area contributed by atoms with E-state index in [4.69, 9.17) is 0 Å². The Morgan fingerprint density at radius 3 is 2.78 bits per heavy atom. The maximum absolute atomic E-state index is 9.68. The molecule has 1 aliphatic carbocycles. The van der Waals surface area contributed by atoms with Crippen LogP contribution in [-0.4, -0.2) is 11.0 Å². The Balaban J connectivity index is 2.08. The lowest BCUT2D eigenvalue weighted by atomic mass is 10.7. The molecule has 1 fully saturated rings. The van der Waals surface area contributed by atoms with Crippen molar-refractivity contribution in [1.29, 1.82) is 0 Å². The van der Waals surface area contributed by atoms with Crippen LogP contribution >= 0.6 is 0 Å². The summed E-state index contributed by atoms with van der Waals surface area (Å²) in [7, 11) is 0. The van der Waals surface area contributed by atoms with Crippen molar-refractivity contribution in [3.8, 4) is 0 Å². The first-order chi connectivity index (χ1) is 4.29. The first-order valence-electron chi connectivity index (χ1n) is 2.85. The van der Waals surface area contributed by atoms with E-state index in [1.165, 1.54) is 6.20 Å². The zero-order valence-corrected chi connectivity index (χ0v) is 4.91. The molecule has 0 radical (unpaired) electrons. The molecule has 0 unspecified atom stereocenters. The van der Waals surface area contributed by atoms with Gasteiger partial charge in [-0.1, -0.05) is 0 Å². The highest BCUT2D eigenvalue weighted by atomic mass is 16.6. The monoisotopic (exact) mass is 128 g/mol. The van der Waals surface area contributed by atoms with E-state index in [-0.39, 0.29) is 0 Å². The standard InChI is InChI=1S/C5H8N2O2/c8-7(9)4-3-6-5-1-2-5/h3-6H,1-2H2. The van der Waals surface area contributed by atoms with Crippen LogP contribution in [0.25, 0.3) is 0 Å². The van der Waals surface area contributed by atoms with Crippen LogP contribution in [0.2, 0.25) is 0 Å². The Morgan fingerprint density at radius 1 is 1.67 bits per heavy atom. The molecular formula is C5H8N2O2. The molecule has 50 valence electrons. The van der Waals surface area contributed by atoms with E-state index < -0.39 is 4.92 Å². The lowest BCUT2D eigenvalue weighted by molar-refractivity contribution is -0.402. The number of hydrogen-bond acceptors (Lipinski definition) is 3. The molecule has 4 nitrogen and oxygen atoms in total. The molecule has 1 rings (SSSR count). The Kier molecular flexibility index (Phi) is 1.67. The summed E-state index contributed by atoms with van der Waals surface area (Å²) in [5.41, 5.74) is 0. The largest absolute Gasteiger partial charge is 0.383 e. The third-order valence-corrected chi connectivity index (χ3v) is 1.11. The summed E-state index contributed by atoms with van der Waals surface area (Å²) in [4.78, 5) is 9.20. The van der Waals surface area contributed by atoms with E-state index in [0.717, 1.165) is 19.0 Å². The van der Waals surface area contributed by atoms with Gasteiger partial charge < -0.3 is 5.32 Å². The maximum Gasteiger partial charge on any atom is 0.249 e. The number of hydrogen-bond donors (Lipinski definition) is 1. The predicted octanol–water partition coefficient (Wildman–Crippen LogP) is 0.486. The average Bonchev–Trinajstić information content (AvgIpc) is 2.48. The smallest absolute Gasteiger partial charge is 0.249 e. The summed E-state index contributed by atoms with van der Waals surface area (Å²) < 4.78 is 0. The zero-order chi connectivity index (χ0) is 6.69. The molecule has 1 aliphatic rings. The third kappa shape index (κ3) is 2.69. The van der Waals surface area contributed by atoms with Crippen LogP contribution in [0.1, 0.15) is 12.8 Å². The van der Waals surface area contributed by atoms with E-state index in [2.05, 4.69) is 5.32 Å². The van der Waals surface area contributed by atoms with Gasteiger partial charge in [-0.15, -0.1) is 0 Å². The van der Waals surface area contributed by atoms with Gasteiger partial charge in [-0.05, 0) is 12.8 Å². The van der Waals surface area contributed by atoms with Crippen molar-refractivity contribution in [1.82, 2.24) is 5.32 Å². The molecule has 1 saturated carbocycles. The van der Waals surface area contributed by atoms with Gasteiger partial charge in [0.05, 0.1) is 11.1 Å². The molecule has 0 heterocycles. The second kappa shape index (κ2) is 2.48. The van der Waals surface area contributed by atoms with Gasteiger partial charge >= 0.3 is 0 Å². The van der Waals surface area contributed by atoms with Crippen molar-refractivity contribution in [3.63, 3.8) is 0 Å². The summed E-state index contributed by atoms with van der Waals surface area (Å²) in [6, 6.07) is 0.501. The number of nitrogens with one attached hydrogen (secondary N) is 1. The Hall–Kier alpha value is -1.06. The van der Waals surface area contributed by atoms with E-state index in [1.807, 2.05) is 0 Å². The summed E-state index contributed by atoms with van der Waals surface area (Å²) in [5.74, 6) is 0. The number of rotatable bonds is 3. The molecule has 0 aromatic carbocycles. The minimum Gasteiger partial charge on any atom is -0.383 e. The second-order valence-electron chi connectivity index (χ2n) is 2.04. The molecule has 1 N–H and O–H groups in total. The molecule has 4 heteroatoms. The Morgan fingerprint density at radius 2 is 2.33 bits per heavy atom. The zero-order valence-electron chi connectivity index (χ0n) is 4.91. The highest BCUT2D eigenvalue weighted by Crippen LogP contribution is 2.18. The normalized spacial score (nSPS) is 18.2. The predicted molar refractivity (Wildman–Crippen MR) is 32.3 cm³/mol. The SMILES string of the molecule is O=[N+]([O-])C=CNC1CC1. The Bertz CT molecular complexity index is 140. The molecule has 0 spiro atoms. The summed E-state index contributed by atoms with van der Waals surface area (Å²) >= 11 is 0. The fraction of sp³-hybridized carbons (Fsp3) is 0.600. The number of nitro groups is 1. The topological polar surface area (TPSA) is 55.2 Å². The van der Waals surface area contributed by atoms with Crippen LogP contribution in [0.5, 0.6) is 0 Å². The first-order valence-corrected chi connectivity index (χ1v) is 2.85. The summed E-state index contributed by atoms with van der Waals surface area (Å²) in [5, 5.41) is 12.5. The molecule has 9 heavy (non-hydrogen) atoms. The van der Waals surface area contributed by atoms with Gasteiger partial charge in [-0.3, -0.25) is 10.1 Å². The molecule has 0 aromatic rings. The highest BCUT2D eigenvalue weighted by molar-refractivity contribution is 4.86. The van der Waals surface area contributed by atoms with E-state index >= 15 is 0 Å². The second-order valence-corrected chi connectivity index (χ2v) is 2.04. The van der Waals surface area contributed by atoms with Crippen molar-refractivity contribution in [2.75, 3.05) is 0 Å². The van der Waals surface area contributed by atoms with Crippen LogP contribution < -0.4 is 5.32 Å². The fourth-order valence-corrected chi connectivity index (χ4v) is 0.490. The van der Waals surface area contributed by atoms with E-state index in [9.17, 15) is 10.1 Å². The summed E-state index contributed by atoms with van der Waals surface area (Å²) in [6.45, 7) is 0. The van der Waals surface area contributed by atoms with Gasteiger partial charge in [0.2, 0.25) is 6.20 Å². The molecule has 0 bridgehead atoms. The fourth-order valence-electron chi connectivity index (χ4n) is 0.490. The van der Waals surface area contributed by atoms with Gasteiger partial charge in [0.15, 0.2) is 0 Å². The molecule has 0 amide bonds. The number of nitrogens with zero attached hydrogens (tertiary/aromatic N) is 1. The molecule has 0 aliphatic heterocycles. The molecule has 0 atom stereocenters.